The fraction of sp³-hybridized carbons (Fsp3) is 0.286. The molecule has 0 bridgehead atoms. The minimum absolute atomic E-state index is 0.000370. The molecule has 4 N–H and O–H groups in total. The highest BCUT2D eigenvalue weighted by molar-refractivity contribution is 5.92. The quantitative estimate of drug-likeness (QED) is 0.612. The van der Waals surface area contributed by atoms with E-state index in [-0.39, 0.29) is 23.2 Å². The summed E-state index contributed by atoms with van der Waals surface area (Å²) in [6, 6.07) is 0. The molecule has 7 nitrogen and oxygen atoms in total. The van der Waals surface area contributed by atoms with E-state index in [9.17, 15) is 4.79 Å². The molecule has 1 heterocycles. The standard InChI is InChI=1S/C7H10N4O3/c1-13-4-3(6(12)14-2)10-7(9)11-5(4)8/h1-2H3,(H4,8,9,10,11). The predicted molar refractivity (Wildman–Crippen MR) is 48.7 cm³/mol. The molecule has 0 radical (unpaired) electrons. The lowest BCUT2D eigenvalue weighted by atomic mass is 10.3. The molecule has 0 saturated heterocycles. The number of aromatic nitrogens is 2. The summed E-state index contributed by atoms with van der Waals surface area (Å²) in [5, 5.41) is 0. The summed E-state index contributed by atoms with van der Waals surface area (Å²) < 4.78 is 9.32. The van der Waals surface area contributed by atoms with Crippen LogP contribution >= 0.6 is 0 Å². The Morgan fingerprint density at radius 2 is 1.93 bits per heavy atom. The molecule has 0 spiro atoms. The van der Waals surface area contributed by atoms with Crippen molar-refractivity contribution in [2.24, 2.45) is 0 Å². The van der Waals surface area contributed by atoms with Crippen molar-refractivity contribution in [3.05, 3.63) is 5.69 Å². The summed E-state index contributed by atoms with van der Waals surface area (Å²) in [5.41, 5.74) is 10.7. The Kier molecular flexibility index (Phi) is 2.70. The van der Waals surface area contributed by atoms with Gasteiger partial charge in [-0.15, -0.1) is 0 Å². The molecule has 1 rings (SSSR count). The molecular formula is C7H10N4O3. The van der Waals surface area contributed by atoms with Gasteiger partial charge < -0.3 is 20.9 Å². The van der Waals surface area contributed by atoms with Gasteiger partial charge in [-0.3, -0.25) is 0 Å². The number of hydrogen-bond donors (Lipinski definition) is 2. The van der Waals surface area contributed by atoms with Crippen LogP contribution in [-0.2, 0) is 4.74 Å². The average molecular weight is 198 g/mol. The monoisotopic (exact) mass is 198 g/mol. The number of ether oxygens (including phenoxy) is 2. The molecule has 0 aliphatic carbocycles. The highest BCUT2D eigenvalue weighted by Gasteiger charge is 2.19. The first-order valence-corrected chi connectivity index (χ1v) is 3.65. The zero-order chi connectivity index (χ0) is 10.7. The maximum Gasteiger partial charge on any atom is 0.360 e. The second-order valence-electron chi connectivity index (χ2n) is 2.34. The van der Waals surface area contributed by atoms with Crippen molar-refractivity contribution in [3.63, 3.8) is 0 Å². The van der Waals surface area contributed by atoms with Gasteiger partial charge in [-0.05, 0) is 0 Å². The molecule has 0 unspecified atom stereocenters. The number of esters is 1. The molecule has 0 amide bonds. The number of carbonyl (C=O) groups is 1. The van der Waals surface area contributed by atoms with Gasteiger partial charge in [-0.1, -0.05) is 0 Å². The van der Waals surface area contributed by atoms with Crippen molar-refractivity contribution in [1.82, 2.24) is 9.97 Å². The van der Waals surface area contributed by atoms with E-state index in [1.54, 1.807) is 0 Å². The number of anilines is 2. The zero-order valence-corrected chi connectivity index (χ0v) is 7.77. The van der Waals surface area contributed by atoms with Crippen molar-refractivity contribution in [1.29, 1.82) is 0 Å². The largest absolute Gasteiger partial charge is 0.491 e. The van der Waals surface area contributed by atoms with Gasteiger partial charge in [0, 0.05) is 0 Å². The van der Waals surface area contributed by atoms with Gasteiger partial charge in [0.2, 0.25) is 5.95 Å². The van der Waals surface area contributed by atoms with Crippen molar-refractivity contribution in [2.45, 2.75) is 0 Å². The third-order valence-electron chi connectivity index (χ3n) is 1.49. The van der Waals surface area contributed by atoms with Crippen LogP contribution in [0.4, 0.5) is 11.8 Å². The molecule has 0 aliphatic rings. The van der Waals surface area contributed by atoms with Gasteiger partial charge in [0.1, 0.15) is 0 Å². The number of hydrogen-bond acceptors (Lipinski definition) is 7. The van der Waals surface area contributed by atoms with E-state index in [1.165, 1.54) is 14.2 Å². The zero-order valence-electron chi connectivity index (χ0n) is 7.77. The van der Waals surface area contributed by atoms with Crippen LogP contribution < -0.4 is 16.2 Å². The number of nitrogens with two attached hydrogens (primary N) is 2. The molecule has 1 aromatic heterocycles. The second kappa shape index (κ2) is 3.77. The summed E-state index contributed by atoms with van der Waals surface area (Å²) in [7, 11) is 2.56. The fourth-order valence-corrected chi connectivity index (χ4v) is 0.922. The van der Waals surface area contributed by atoms with E-state index in [2.05, 4.69) is 14.7 Å². The molecule has 0 fully saturated rings. The third kappa shape index (κ3) is 1.65. The minimum Gasteiger partial charge on any atom is -0.491 e. The Morgan fingerprint density at radius 3 is 2.43 bits per heavy atom. The van der Waals surface area contributed by atoms with Crippen LogP contribution in [0.1, 0.15) is 10.5 Å². The normalized spacial score (nSPS) is 9.57. The van der Waals surface area contributed by atoms with Crippen LogP contribution in [0, 0.1) is 0 Å². The Hall–Kier alpha value is -2.05. The number of nitrogen functional groups attached to an aromatic ring is 2. The lowest BCUT2D eigenvalue weighted by Gasteiger charge is -2.07. The average Bonchev–Trinajstić information content (AvgIpc) is 2.15. The predicted octanol–water partition coefficient (Wildman–Crippen LogP) is -0.564. The highest BCUT2D eigenvalue weighted by atomic mass is 16.5. The molecule has 14 heavy (non-hydrogen) atoms. The Bertz CT molecular complexity index is 366. The highest BCUT2D eigenvalue weighted by Crippen LogP contribution is 2.23. The van der Waals surface area contributed by atoms with Gasteiger partial charge in [0.05, 0.1) is 14.2 Å². The van der Waals surface area contributed by atoms with E-state index in [4.69, 9.17) is 16.2 Å². The van der Waals surface area contributed by atoms with Crippen molar-refractivity contribution in [3.8, 4) is 5.75 Å². The molecule has 0 aliphatic heterocycles. The fourth-order valence-electron chi connectivity index (χ4n) is 0.922. The Labute approximate surface area is 80.0 Å². The first-order chi connectivity index (χ1) is 6.60. The summed E-state index contributed by atoms with van der Waals surface area (Å²) in [6.07, 6.45) is 0. The molecule has 0 atom stereocenters. The topological polar surface area (TPSA) is 113 Å². The van der Waals surface area contributed by atoms with Gasteiger partial charge in [-0.25, -0.2) is 9.78 Å². The van der Waals surface area contributed by atoms with E-state index in [0.29, 0.717) is 0 Å². The second-order valence-corrected chi connectivity index (χ2v) is 2.34. The van der Waals surface area contributed by atoms with Crippen LogP contribution in [0.15, 0.2) is 0 Å². The van der Waals surface area contributed by atoms with E-state index < -0.39 is 5.97 Å². The Balaban J connectivity index is 3.32. The molecule has 0 saturated carbocycles. The van der Waals surface area contributed by atoms with Crippen molar-refractivity contribution >= 4 is 17.7 Å². The SMILES string of the molecule is COC(=O)c1nc(N)nc(N)c1OC. The molecule has 0 aromatic carbocycles. The lowest BCUT2D eigenvalue weighted by molar-refractivity contribution is 0.0590. The minimum atomic E-state index is -0.678. The molecular weight excluding hydrogens is 188 g/mol. The molecule has 76 valence electrons. The number of rotatable bonds is 2. The lowest BCUT2D eigenvalue weighted by Crippen LogP contribution is -2.12. The number of carbonyl (C=O) groups excluding carboxylic acids is 1. The third-order valence-corrected chi connectivity index (χ3v) is 1.49. The van der Waals surface area contributed by atoms with Gasteiger partial charge in [0.25, 0.3) is 0 Å². The summed E-state index contributed by atoms with van der Waals surface area (Å²) in [5.74, 6) is -0.724. The van der Waals surface area contributed by atoms with Crippen LogP contribution in [-0.4, -0.2) is 30.2 Å². The van der Waals surface area contributed by atoms with Crippen molar-refractivity contribution in [2.75, 3.05) is 25.7 Å². The summed E-state index contributed by atoms with van der Waals surface area (Å²) >= 11 is 0. The maximum absolute atomic E-state index is 11.2. The van der Waals surface area contributed by atoms with Crippen LogP contribution in [0.3, 0.4) is 0 Å². The Morgan fingerprint density at radius 1 is 1.29 bits per heavy atom. The van der Waals surface area contributed by atoms with Crippen molar-refractivity contribution < 1.29 is 14.3 Å². The van der Waals surface area contributed by atoms with Gasteiger partial charge >= 0.3 is 5.97 Å². The smallest absolute Gasteiger partial charge is 0.360 e. The first kappa shape index (κ1) is 10.0. The van der Waals surface area contributed by atoms with Crippen LogP contribution in [0.25, 0.3) is 0 Å². The first-order valence-electron chi connectivity index (χ1n) is 3.65. The molecule has 1 aromatic rings. The van der Waals surface area contributed by atoms with E-state index in [0.717, 1.165) is 0 Å². The summed E-state index contributed by atoms with van der Waals surface area (Å²) in [4.78, 5) is 18.5. The van der Waals surface area contributed by atoms with E-state index >= 15 is 0 Å². The van der Waals surface area contributed by atoms with E-state index in [1.807, 2.05) is 0 Å². The number of methoxy groups -OCH3 is 2. The number of nitrogens with zero attached hydrogens (tertiary/aromatic N) is 2. The summed E-state index contributed by atoms with van der Waals surface area (Å²) in [6.45, 7) is 0. The molecule has 7 heteroatoms. The maximum atomic E-state index is 11.2. The van der Waals surface area contributed by atoms with Gasteiger partial charge in [0.15, 0.2) is 17.3 Å². The van der Waals surface area contributed by atoms with Crippen LogP contribution in [0.2, 0.25) is 0 Å². The van der Waals surface area contributed by atoms with Crippen LogP contribution in [0.5, 0.6) is 5.75 Å². The van der Waals surface area contributed by atoms with Gasteiger partial charge in [-0.2, -0.15) is 4.98 Å².